The maximum atomic E-state index is 12.9. The second kappa shape index (κ2) is 31.7. The standard InChI is InChI=1S/C23H31ClO6.C21H30O5.C4H4Cl2O3.3CHF3O3S.CH4.Sc/c1-21-7-5-14(25)9-13(21)3-4-15-16-6-8-23(29,18(27)12-30-19(28)11-24)22(16,2)10-17(26)20(15)21;1-19-7-5-13(23)9-12(19)3-4-14-15-6-8-21(26,17(25)11-22)20(15,2)10-16(24)18(14)19;5-1-3(7)9-4(8)2-6;3*2-1(3,4)8(5,6)7;;/h9,15-17,20,26,29H,3-8,10-12H2,1-2H3;9,14-16,18,22,24,26H,3-8,10-11H2,1-2H3;1-2H2;3*(H,5,6,7);1H4;/t15-,16-,17-,20+,21-,22-,23-;14-,15-,16-,18+,19-,20-,21-;;;;;;/m00....../s1. The Morgan fingerprint density at radius 1 is 0.549 bits per heavy atom. The van der Waals surface area contributed by atoms with Crippen LogP contribution in [0.3, 0.4) is 0 Å². The monoisotopic (exact) mass is 1480 g/mol. The molecule has 8 N–H and O–H groups in total. The number of carbonyl (C=O) groups is 7. The molecule has 0 amide bonds. The number of esters is 3. The SMILES string of the molecule is C.C[C@]12CCC(=O)C=C1CC[C@@H]1[C@@H]2[C@@H](O)C[C@@]2(C)[C@H]1CC[C@]2(O)C(=O)CO.C[C@]12CCC(=O)C=C1CC[C@@H]1[C@@H]2[C@@H](O)C[C@@]2(C)[C@H]1CC[C@]2(O)C(=O)COC(=O)CCl.O=C(CCl)OC(=O)CCl.O=S(=O)(O)C(F)(F)F.O=S(=O)(O)C(F)(F)F.O=S(=O)(O)C(F)(F)F.[Sc]. The van der Waals surface area contributed by atoms with Gasteiger partial charge in [0.25, 0.3) is 0 Å². The molecule has 0 heterocycles. The Balaban J connectivity index is 0.000000609. The third kappa shape index (κ3) is 19.0. The van der Waals surface area contributed by atoms with Crippen LogP contribution in [-0.2, 0) is 99.2 Å². The fraction of sp³-hybridized carbons (Fsp3) is 0.788. The topological polar surface area (TPSA) is 402 Å². The van der Waals surface area contributed by atoms with E-state index < -0.39 is 124 Å². The summed E-state index contributed by atoms with van der Waals surface area (Å²) in [5, 5.41) is 54.5. The van der Waals surface area contributed by atoms with Crippen molar-refractivity contribution in [3.05, 3.63) is 23.3 Å². The van der Waals surface area contributed by atoms with Crippen LogP contribution in [0.15, 0.2) is 23.3 Å². The molecule has 523 valence electrons. The van der Waals surface area contributed by atoms with Gasteiger partial charge in [-0.15, -0.1) is 34.8 Å². The minimum atomic E-state index is -5.84. The predicted molar refractivity (Wildman–Crippen MR) is 297 cm³/mol. The molecular weight excluding hydrogens is 1410 g/mol. The smallest absolute Gasteiger partial charge is 0.457 e. The molecule has 91 heavy (non-hydrogen) atoms. The first-order chi connectivity index (χ1) is 40.2. The molecule has 8 aliphatic carbocycles. The number of alkyl halides is 12. The molecule has 23 nitrogen and oxygen atoms in total. The first-order valence-electron chi connectivity index (χ1n) is 26.8. The number of Topliss-reactive ketones (excluding diaryl/α,β-unsaturated/α-hetero) is 2. The number of allylic oxidation sites excluding steroid dienone is 2. The number of carbonyl (C=O) groups excluding carboxylic acids is 7. The summed E-state index contributed by atoms with van der Waals surface area (Å²) in [5.74, 6) is -3.15. The third-order valence-corrected chi connectivity index (χ3v) is 21.4. The Hall–Kier alpha value is -2.59. The van der Waals surface area contributed by atoms with Gasteiger partial charge in [-0.05, 0) is 136 Å². The van der Waals surface area contributed by atoms with E-state index in [2.05, 4.69) is 18.6 Å². The van der Waals surface area contributed by atoms with E-state index in [1.807, 2.05) is 13.8 Å². The number of rotatable bonds is 8. The number of halogens is 12. The van der Waals surface area contributed by atoms with Crippen molar-refractivity contribution in [2.45, 2.75) is 165 Å². The van der Waals surface area contributed by atoms with Crippen LogP contribution < -0.4 is 0 Å². The van der Waals surface area contributed by atoms with Crippen LogP contribution >= 0.6 is 34.8 Å². The van der Waals surface area contributed by atoms with Gasteiger partial charge in [-0.2, -0.15) is 64.8 Å². The molecule has 14 atom stereocenters. The van der Waals surface area contributed by atoms with Crippen molar-refractivity contribution >= 4 is 106 Å². The van der Waals surface area contributed by atoms with Crippen LogP contribution in [0, 0.1) is 57.2 Å². The van der Waals surface area contributed by atoms with E-state index >= 15 is 0 Å². The third-order valence-electron chi connectivity index (χ3n) is 19.0. The molecule has 0 aromatic carbocycles. The molecule has 6 fully saturated rings. The molecule has 8 aliphatic rings. The first kappa shape index (κ1) is 86.4. The molecular formula is C52H72Cl3F9O23S3Sc. The molecule has 6 saturated carbocycles. The average Bonchev–Trinajstić information content (AvgIpc) is 1.66. The van der Waals surface area contributed by atoms with Crippen molar-refractivity contribution in [1.29, 1.82) is 0 Å². The summed E-state index contributed by atoms with van der Waals surface area (Å²) in [6.07, 6.45) is 11.1. The van der Waals surface area contributed by atoms with Gasteiger partial charge < -0.3 is 35.0 Å². The Bertz CT molecular complexity index is 2990. The van der Waals surface area contributed by atoms with Crippen molar-refractivity contribution < 1.29 is 173 Å². The zero-order valence-corrected chi connectivity index (χ0v) is 54.8. The maximum absolute atomic E-state index is 12.9. The molecule has 39 heteroatoms. The van der Waals surface area contributed by atoms with E-state index in [0.29, 0.717) is 44.9 Å². The number of hydrogen-bond donors (Lipinski definition) is 8. The molecule has 0 saturated heterocycles. The number of aliphatic hydroxyl groups excluding tert-OH is 3. The summed E-state index contributed by atoms with van der Waals surface area (Å²) in [6, 6.07) is 0. The van der Waals surface area contributed by atoms with Crippen LogP contribution in [0.25, 0.3) is 0 Å². The number of ether oxygens (including phenoxy) is 2. The van der Waals surface area contributed by atoms with E-state index in [-0.39, 0.29) is 109 Å². The maximum Gasteiger partial charge on any atom is 0.522 e. The minimum Gasteiger partial charge on any atom is -0.457 e. The van der Waals surface area contributed by atoms with Gasteiger partial charge in [-0.25, -0.2) is 0 Å². The van der Waals surface area contributed by atoms with E-state index in [0.717, 1.165) is 50.5 Å². The fourth-order valence-electron chi connectivity index (χ4n) is 14.9. The molecule has 0 aromatic rings. The van der Waals surface area contributed by atoms with Crippen molar-refractivity contribution in [2.24, 2.45) is 57.2 Å². The summed E-state index contributed by atoms with van der Waals surface area (Å²) in [7, 11) is -17.5. The molecule has 8 rings (SSSR count). The van der Waals surface area contributed by atoms with Crippen LogP contribution in [0.2, 0.25) is 0 Å². The molecule has 0 aliphatic heterocycles. The zero-order chi connectivity index (χ0) is 69.1. The fourth-order valence-corrected chi connectivity index (χ4v) is 15.1. The van der Waals surface area contributed by atoms with Gasteiger partial charge in [0.15, 0.2) is 24.0 Å². The molecule has 0 aromatic heterocycles. The van der Waals surface area contributed by atoms with E-state index in [4.69, 9.17) is 78.5 Å². The number of hydrogen-bond acceptors (Lipinski definition) is 20. The van der Waals surface area contributed by atoms with Gasteiger partial charge in [0.2, 0.25) is 5.78 Å². The Morgan fingerprint density at radius 3 is 1.12 bits per heavy atom. The minimum absolute atomic E-state index is 0. The summed E-state index contributed by atoms with van der Waals surface area (Å²) < 4.78 is 182. The van der Waals surface area contributed by atoms with E-state index in [1.165, 1.54) is 5.57 Å². The van der Waals surface area contributed by atoms with E-state index in [1.54, 1.807) is 12.2 Å². The van der Waals surface area contributed by atoms with Crippen molar-refractivity contribution in [3.8, 4) is 0 Å². The van der Waals surface area contributed by atoms with Gasteiger partial charge in [0.1, 0.15) is 35.4 Å². The number of fused-ring (bicyclic) bond motifs is 10. The van der Waals surface area contributed by atoms with Crippen LogP contribution in [0.5, 0.6) is 0 Å². The second-order valence-electron chi connectivity index (χ2n) is 23.6. The first-order valence-corrected chi connectivity index (χ1v) is 32.8. The van der Waals surface area contributed by atoms with Gasteiger partial charge in [0.05, 0.1) is 12.2 Å². The Morgan fingerprint density at radius 2 is 0.846 bits per heavy atom. The van der Waals surface area contributed by atoms with Gasteiger partial charge in [-0.1, -0.05) is 46.3 Å². The molecule has 0 unspecified atom stereocenters. The molecule has 1 radical (unpaired) electrons. The quantitative estimate of drug-likeness (QED) is 0.0313. The van der Waals surface area contributed by atoms with E-state index in [9.17, 15) is 98.6 Å². The number of ketones is 4. The van der Waals surface area contributed by atoms with Gasteiger partial charge >= 0.3 is 64.8 Å². The summed E-state index contributed by atoms with van der Waals surface area (Å²) in [4.78, 5) is 80.8. The Labute approximate surface area is 551 Å². The zero-order valence-electron chi connectivity index (χ0n) is 48.2. The summed E-state index contributed by atoms with van der Waals surface area (Å²) in [5.41, 5.74) is -19.3. The van der Waals surface area contributed by atoms with Gasteiger partial charge in [0, 0.05) is 49.5 Å². The van der Waals surface area contributed by atoms with Crippen molar-refractivity contribution in [3.63, 3.8) is 0 Å². The van der Waals surface area contributed by atoms with Crippen molar-refractivity contribution in [2.75, 3.05) is 30.9 Å². The largest absolute Gasteiger partial charge is 0.522 e. The van der Waals surface area contributed by atoms with Gasteiger partial charge in [-0.3, -0.25) is 47.2 Å². The Kier molecular flexibility index (Phi) is 30.1. The summed E-state index contributed by atoms with van der Waals surface area (Å²) >= 11 is 15.4. The van der Waals surface area contributed by atoms with Crippen molar-refractivity contribution in [1.82, 2.24) is 0 Å². The number of aliphatic hydroxyl groups is 5. The second-order valence-corrected chi connectivity index (χ2v) is 28.7. The van der Waals surface area contributed by atoms with Crippen LogP contribution in [-0.4, -0.2) is 176 Å². The predicted octanol–water partition coefficient (Wildman–Crippen LogP) is 6.70. The van der Waals surface area contributed by atoms with Crippen LogP contribution in [0.1, 0.15) is 125 Å². The average molecular weight is 1480 g/mol. The molecule has 0 spiro atoms. The normalized spacial score (nSPS) is 33.8. The molecule has 0 bridgehead atoms. The summed E-state index contributed by atoms with van der Waals surface area (Å²) in [6.45, 7) is 7.04. The van der Waals surface area contributed by atoms with Crippen LogP contribution in [0.4, 0.5) is 39.5 Å².